The van der Waals surface area contributed by atoms with Gasteiger partial charge in [0.05, 0.1) is 4.90 Å². The number of rotatable bonds is 8. The first-order chi connectivity index (χ1) is 15.8. The van der Waals surface area contributed by atoms with Crippen LogP contribution in [-0.4, -0.2) is 26.3 Å². The van der Waals surface area contributed by atoms with Gasteiger partial charge < -0.3 is 10.6 Å². The van der Waals surface area contributed by atoms with Crippen LogP contribution in [0.25, 0.3) is 0 Å². The van der Waals surface area contributed by atoms with Crippen LogP contribution in [0, 0.1) is 6.92 Å². The normalized spacial score (nSPS) is 13.4. The summed E-state index contributed by atoms with van der Waals surface area (Å²) in [6.07, 6.45) is 1.97. The van der Waals surface area contributed by atoms with E-state index in [1.165, 1.54) is 12.1 Å². The molecular weight excluding hydrogens is 438 g/mol. The van der Waals surface area contributed by atoms with Gasteiger partial charge in [-0.05, 0) is 61.2 Å². The average molecular weight is 464 g/mol. The third-order valence-electron chi connectivity index (χ3n) is 5.37. The molecule has 33 heavy (non-hydrogen) atoms. The molecule has 0 aliphatic heterocycles. The van der Waals surface area contributed by atoms with Crippen molar-refractivity contribution < 1.29 is 18.0 Å². The van der Waals surface area contributed by atoms with Gasteiger partial charge in [-0.15, -0.1) is 0 Å². The first-order valence-electron chi connectivity index (χ1n) is 10.7. The van der Waals surface area contributed by atoms with Gasteiger partial charge in [-0.1, -0.05) is 42.5 Å². The Hall–Kier alpha value is -3.49. The van der Waals surface area contributed by atoms with Crippen molar-refractivity contribution in [1.29, 1.82) is 0 Å². The van der Waals surface area contributed by atoms with E-state index >= 15 is 0 Å². The Balaban J connectivity index is 1.49. The summed E-state index contributed by atoms with van der Waals surface area (Å²) in [5.41, 5.74) is 2.62. The lowest BCUT2D eigenvalue weighted by molar-refractivity contribution is 0.0949. The number of benzene rings is 3. The Morgan fingerprint density at radius 3 is 2.39 bits per heavy atom. The van der Waals surface area contributed by atoms with Crippen molar-refractivity contribution in [3.05, 3.63) is 95.1 Å². The maximum atomic E-state index is 12.9. The monoisotopic (exact) mass is 463 g/mol. The first kappa shape index (κ1) is 22.7. The quantitative estimate of drug-likeness (QED) is 0.475. The van der Waals surface area contributed by atoms with E-state index in [4.69, 9.17) is 0 Å². The highest BCUT2D eigenvalue weighted by Gasteiger charge is 2.24. The van der Waals surface area contributed by atoms with Crippen LogP contribution in [0.15, 0.2) is 77.7 Å². The molecule has 0 spiro atoms. The maximum absolute atomic E-state index is 12.9. The number of hydrogen-bond acceptors (Lipinski definition) is 4. The third kappa shape index (κ3) is 5.85. The zero-order valence-electron chi connectivity index (χ0n) is 18.2. The molecule has 1 aliphatic carbocycles. The summed E-state index contributed by atoms with van der Waals surface area (Å²) in [7, 11) is -3.81. The van der Waals surface area contributed by atoms with Gasteiger partial charge in [0.2, 0.25) is 10.0 Å². The van der Waals surface area contributed by atoms with Gasteiger partial charge in [-0.2, -0.15) is 0 Å². The largest absolute Gasteiger partial charge is 0.349 e. The Morgan fingerprint density at radius 1 is 0.909 bits per heavy atom. The van der Waals surface area contributed by atoms with Crippen LogP contribution in [-0.2, 0) is 16.6 Å². The van der Waals surface area contributed by atoms with E-state index in [-0.39, 0.29) is 29.0 Å². The molecule has 0 heterocycles. The van der Waals surface area contributed by atoms with Gasteiger partial charge >= 0.3 is 0 Å². The zero-order chi connectivity index (χ0) is 23.4. The van der Waals surface area contributed by atoms with Crippen LogP contribution in [0.1, 0.15) is 44.7 Å². The van der Waals surface area contributed by atoms with Crippen molar-refractivity contribution in [3.8, 4) is 0 Å². The van der Waals surface area contributed by atoms with E-state index < -0.39 is 15.9 Å². The molecule has 0 radical (unpaired) electrons. The van der Waals surface area contributed by atoms with Crippen molar-refractivity contribution in [2.24, 2.45) is 0 Å². The molecule has 7 nitrogen and oxygen atoms in total. The molecule has 3 aromatic carbocycles. The fourth-order valence-electron chi connectivity index (χ4n) is 3.30. The van der Waals surface area contributed by atoms with Crippen molar-refractivity contribution >= 4 is 27.5 Å². The van der Waals surface area contributed by atoms with E-state index in [0.717, 1.165) is 18.4 Å². The number of carbonyl (C=O) groups is 2. The number of carbonyl (C=O) groups excluding carboxylic acids is 2. The van der Waals surface area contributed by atoms with E-state index in [2.05, 4.69) is 15.4 Å². The minimum Gasteiger partial charge on any atom is -0.349 e. The lowest BCUT2D eigenvalue weighted by Crippen LogP contribution is -2.25. The van der Waals surface area contributed by atoms with Gasteiger partial charge in [-0.25, -0.2) is 13.1 Å². The van der Waals surface area contributed by atoms with Crippen molar-refractivity contribution in [1.82, 2.24) is 10.0 Å². The van der Waals surface area contributed by atoms with Gasteiger partial charge in [0.25, 0.3) is 11.8 Å². The number of nitrogens with one attached hydrogen (secondary N) is 3. The fourth-order valence-corrected chi connectivity index (χ4v) is 4.35. The second-order valence-electron chi connectivity index (χ2n) is 8.07. The molecule has 0 atom stereocenters. The number of sulfonamides is 1. The highest BCUT2D eigenvalue weighted by molar-refractivity contribution is 7.89. The minimum absolute atomic E-state index is 0.00624. The molecule has 2 amide bonds. The average Bonchev–Trinajstić information content (AvgIpc) is 3.63. The molecule has 3 N–H and O–H groups in total. The Labute approximate surface area is 193 Å². The first-order valence-corrected chi connectivity index (χ1v) is 12.2. The predicted octanol–water partition coefficient (Wildman–Crippen LogP) is 3.62. The molecule has 4 rings (SSSR count). The smallest absolute Gasteiger partial charge is 0.255 e. The molecule has 0 aromatic heterocycles. The molecule has 3 aromatic rings. The summed E-state index contributed by atoms with van der Waals surface area (Å²) >= 11 is 0. The summed E-state index contributed by atoms with van der Waals surface area (Å²) in [6, 6.07) is 20.5. The van der Waals surface area contributed by atoms with Gasteiger partial charge in [0, 0.05) is 29.4 Å². The summed E-state index contributed by atoms with van der Waals surface area (Å²) in [4.78, 5) is 25.2. The van der Waals surface area contributed by atoms with Crippen molar-refractivity contribution in [2.75, 3.05) is 5.32 Å². The maximum Gasteiger partial charge on any atom is 0.255 e. The van der Waals surface area contributed by atoms with E-state index in [1.54, 1.807) is 37.3 Å². The Kier molecular flexibility index (Phi) is 6.57. The highest BCUT2D eigenvalue weighted by atomic mass is 32.2. The second-order valence-corrected chi connectivity index (χ2v) is 9.84. The summed E-state index contributed by atoms with van der Waals surface area (Å²) in [5.74, 6) is -0.630. The highest BCUT2D eigenvalue weighted by Crippen LogP contribution is 2.21. The van der Waals surface area contributed by atoms with E-state index in [1.807, 2.05) is 30.3 Å². The fraction of sp³-hybridized carbons (Fsp3) is 0.200. The van der Waals surface area contributed by atoms with Crippen LogP contribution in [0.3, 0.4) is 0 Å². The molecular formula is C25H25N3O4S. The topological polar surface area (TPSA) is 104 Å². The molecule has 1 fully saturated rings. The molecule has 0 unspecified atom stereocenters. The molecule has 170 valence electrons. The van der Waals surface area contributed by atoms with Crippen molar-refractivity contribution in [3.63, 3.8) is 0 Å². The summed E-state index contributed by atoms with van der Waals surface area (Å²) < 4.78 is 28.1. The standard InChI is InChI=1S/C25H25N3O4S/c1-17-10-13-22(33(31,32)26-16-18-6-3-2-4-7-18)15-23(17)25(30)28-21-9-5-8-19(14-21)24(29)27-20-11-12-20/h2-10,13-15,20,26H,11-12,16H2,1H3,(H,27,29)(H,28,30). The number of hydrogen-bond donors (Lipinski definition) is 3. The van der Waals surface area contributed by atoms with Crippen LogP contribution >= 0.6 is 0 Å². The number of amides is 2. The van der Waals surface area contributed by atoms with Gasteiger partial charge in [-0.3, -0.25) is 9.59 Å². The SMILES string of the molecule is Cc1ccc(S(=O)(=O)NCc2ccccc2)cc1C(=O)Nc1cccc(C(=O)NC2CC2)c1. The predicted molar refractivity (Wildman–Crippen MR) is 127 cm³/mol. The molecule has 8 heteroatoms. The Bertz CT molecular complexity index is 1290. The molecule has 1 saturated carbocycles. The molecule has 0 bridgehead atoms. The minimum atomic E-state index is -3.81. The Morgan fingerprint density at radius 2 is 1.67 bits per heavy atom. The van der Waals surface area contributed by atoms with Crippen LogP contribution in [0.5, 0.6) is 0 Å². The third-order valence-corrected chi connectivity index (χ3v) is 6.77. The molecule has 0 saturated heterocycles. The second kappa shape index (κ2) is 9.56. The summed E-state index contributed by atoms with van der Waals surface area (Å²) in [6.45, 7) is 1.89. The van der Waals surface area contributed by atoms with E-state index in [0.29, 0.717) is 16.8 Å². The van der Waals surface area contributed by atoms with Crippen LogP contribution in [0.2, 0.25) is 0 Å². The zero-order valence-corrected chi connectivity index (χ0v) is 19.0. The van der Waals surface area contributed by atoms with Crippen LogP contribution in [0.4, 0.5) is 5.69 Å². The number of anilines is 1. The van der Waals surface area contributed by atoms with Gasteiger partial charge in [0.15, 0.2) is 0 Å². The molecule has 1 aliphatic rings. The van der Waals surface area contributed by atoms with Crippen molar-refractivity contribution in [2.45, 2.75) is 37.2 Å². The van der Waals surface area contributed by atoms with Crippen LogP contribution < -0.4 is 15.4 Å². The van der Waals surface area contributed by atoms with Gasteiger partial charge in [0.1, 0.15) is 0 Å². The lowest BCUT2D eigenvalue weighted by atomic mass is 10.1. The summed E-state index contributed by atoms with van der Waals surface area (Å²) in [5, 5.41) is 5.68. The number of aryl methyl sites for hydroxylation is 1. The van der Waals surface area contributed by atoms with E-state index in [9.17, 15) is 18.0 Å². The lowest BCUT2D eigenvalue weighted by Gasteiger charge is -2.12.